The lowest BCUT2D eigenvalue weighted by Crippen LogP contribution is -2.40. The average molecular weight is 597 g/mol. The van der Waals surface area contributed by atoms with Crippen LogP contribution in [0.2, 0.25) is 10.0 Å². The van der Waals surface area contributed by atoms with Crippen LogP contribution in [0.5, 0.6) is 0 Å². The number of aromatic nitrogens is 3. The summed E-state index contributed by atoms with van der Waals surface area (Å²) in [4.78, 5) is 37.5. The highest BCUT2D eigenvalue weighted by molar-refractivity contribution is 7.09. The Morgan fingerprint density at radius 1 is 1.10 bits per heavy atom. The van der Waals surface area contributed by atoms with Crippen LogP contribution in [0.4, 0.5) is 10.6 Å². The van der Waals surface area contributed by atoms with Gasteiger partial charge in [-0.25, -0.2) is 14.8 Å². The molecule has 0 spiro atoms. The first-order valence-corrected chi connectivity index (χ1v) is 14.6. The van der Waals surface area contributed by atoms with E-state index in [1.807, 2.05) is 42.6 Å². The van der Waals surface area contributed by atoms with Gasteiger partial charge in [0.2, 0.25) is 0 Å². The van der Waals surface area contributed by atoms with Crippen LogP contribution in [0.25, 0.3) is 5.69 Å². The third kappa shape index (κ3) is 4.76. The summed E-state index contributed by atoms with van der Waals surface area (Å²) in [6.45, 7) is 5.83. The molecule has 0 bridgehead atoms. The molecular formula is C29H27Cl2N5O3S. The number of piperidine rings is 1. The fraction of sp³-hybridized carbons (Fsp3) is 0.310. The highest BCUT2D eigenvalue weighted by Crippen LogP contribution is 2.64. The van der Waals surface area contributed by atoms with Crippen LogP contribution < -0.4 is 15.8 Å². The van der Waals surface area contributed by atoms with Crippen molar-refractivity contribution < 1.29 is 9.53 Å². The molecule has 6 rings (SSSR count). The predicted molar refractivity (Wildman–Crippen MR) is 157 cm³/mol. The molecule has 40 heavy (non-hydrogen) atoms. The molecule has 2 fully saturated rings. The quantitative estimate of drug-likeness (QED) is 0.301. The summed E-state index contributed by atoms with van der Waals surface area (Å²) in [5.41, 5.74) is 1.91. The first-order valence-electron chi connectivity index (χ1n) is 12.9. The van der Waals surface area contributed by atoms with Gasteiger partial charge in [-0.15, -0.1) is 11.3 Å². The Bertz CT molecular complexity index is 1630. The smallest absolute Gasteiger partial charge is 0.407 e. The maximum Gasteiger partial charge on any atom is 0.407 e. The molecule has 2 aromatic carbocycles. The van der Waals surface area contributed by atoms with Gasteiger partial charge in [0.25, 0.3) is 5.56 Å². The fourth-order valence-electron chi connectivity index (χ4n) is 5.84. The lowest BCUT2D eigenvalue weighted by atomic mass is 10.0. The van der Waals surface area contributed by atoms with Gasteiger partial charge >= 0.3 is 6.09 Å². The zero-order chi connectivity index (χ0) is 28.0. The molecule has 1 unspecified atom stereocenters. The van der Waals surface area contributed by atoms with Gasteiger partial charge in [0.15, 0.2) is 0 Å². The number of alkyl carbamates (subject to hydrolysis) is 1. The Morgan fingerprint density at radius 3 is 2.52 bits per heavy atom. The van der Waals surface area contributed by atoms with Crippen molar-refractivity contribution in [2.24, 2.45) is 11.8 Å². The monoisotopic (exact) mass is 595 g/mol. The molecule has 1 aliphatic carbocycles. The van der Waals surface area contributed by atoms with E-state index in [1.165, 1.54) is 4.57 Å². The molecule has 3 atom stereocenters. The van der Waals surface area contributed by atoms with Crippen molar-refractivity contribution in [2.75, 3.05) is 24.5 Å². The molecule has 1 N–H and O–H groups in total. The third-order valence-corrected chi connectivity index (χ3v) is 9.82. The Hall–Kier alpha value is -3.40. The number of benzene rings is 2. The molecule has 8 nitrogen and oxygen atoms in total. The minimum Gasteiger partial charge on any atom is -0.445 e. The topological polar surface area (TPSA) is 89.4 Å². The van der Waals surface area contributed by atoms with Crippen molar-refractivity contribution in [3.05, 3.63) is 102 Å². The first-order chi connectivity index (χ1) is 19.3. The molecule has 1 saturated carbocycles. The molecule has 0 radical (unpaired) electrons. The SMILES string of the molecule is Cc1csc(C2(CNC(=O)OCc3ccccc3)[C@@H]3CN(c4cc(=O)n(-c5cccc(Cl)c5Cl)c(C)n4)C[C@@H]32)n1. The third-order valence-electron chi connectivity index (χ3n) is 7.86. The molecule has 3 heterocycles. The van der Waals surface area contributed by atoms with Gasteiger partial charge in [-0.3, -0.25) is 9.36 Å². The maximum absolute atomic E-state index is 13.2. The molecule has 206 valence electrons. The van der Waals surface area contributed by atoms with Gasteiger partial charge in [-0.2, -0.15) is 0 Å². The van der Waals surface area contributed by atoms with Gasteiger partial charge in [-0.1, -0.05) is 59.6 Å². The number of nitrogens with one attached hydrogen (secondary N) is 1. The van der Waals surface area contributed by atoms with E-state index in [4.69, 9.17) is 37.9 Å². The van der Waals surface area contributed by atoms with Crippen LogP contribution in [0.3, 0.4) is 0 Å². The van der Waals surface area contributed by atoms with Crippen molar-refractivity contribution in [3.8, 4) is 5.69 Å². The number of carbonyl (C=O) groups is 1. The van der Waals surface area contributed by atoms with E-state index in [9.17, 15) is 9.59 Å². The molecule has 11 heteroatoms. The van der Waals surface area contributed by atoms with Crippen molar-refractivity contribution in [1.29, 1.82) is 0 Å². The van der Waals surface area contributed by atoms with Gasteiger partial charge in [0, 0.05) is 42.2 Å². The summed E-state index contributed by atoms with van der Waals surface area (Å²) in [5.74, 6) is 1.68. The van der Waals surface area contributed by atoms with Gasteiger partial charge in [0.05, 0.1) is 15.7 Å². The van der Waals surface area contributed by atoms with E-state index in [-0.39, 0.29) is 29.4 Å². The molecule has 4 aromatic rings. The fourth-order valence-corrected chi connectivity index (χ4v) is 7.35. The lowest BCUT2D eigenvalue weighted by molar-refractivity contribution is 0.138. The number of hydrogen-bond donors (Lipinski definition) is 1. The second kappa shape index (κ2) is 10.5. The highest BCUT2D eigenvalue weighted by atomic mass is 35.5. The van der Waals surface area contributed by atoms with Crippen LogP contribution in [0.1, 0.15) is 22.1 Å². The van der Waals surface area contributed by atoms with E-state index in [2.05, 4.69) is 10.2 Å². The minimum absolute atomic E-state index is 0.216. The van der Waals surface area contributed by atoms with Crippen LogP contribution in [0.15, 0.2) is 64.8 Å². The Balaban J connectivity index is 1.18. The number of nitrogens with zero attached hydrogens (tertiary/aromatic N) is 4. The van der Waals surface area contributed by atoms with E-state index < -0.39 is 6.09 Å². The lowest BCUT2D eigenvalue weighted by Gasteiger charge is -2.27. The number of carbonyl (C=O) groups excluding carboxylic acids is 1. The van der Waals surface area contributed by atoms with E-state index in [0.717, 1.165) is 16.3 Å². The Morgan fingerprint density at radius 2 is 1.85 bits per heavy atom. The number of ether oxygens (including phenoxy) is 1. The summed E-state index contributed by atoms with van der Waals surface area (Å²) in [7, 11) is 0. The number of hydrogen-bond acceptors (Lipinski definition) is 7. The Labute approximate surface area is 245 Å². The number of amides is 1. The molecule has 1 aliphatic heterocycles. The molecule has 2 aromatic heterocycles. The molecular weight excluding hydrogens is 569 g/mol. The number of halogens is 2. The summed E-state index contributed by atoms with van der Waals surface area (Å²) < 4.78 is 6.93. The van der Waals surface area contributed by atoms with Crippen LogP contribution in [-0.4, -0.2) is 40.3 Å². The first kappa shape index (κ1) is 26.8. The molecule has 1 saturated heterocycles. The molecule has 1 amide bonds. The van der Waals surface area contributed by atoms with Gasteiger partial charge in [0.1, 0.15) is 23.3 Å². The Kier molecular flexibility index (Phi) is 7.06. The summed E-state index contributed by atoms with van der Waals surface area (Å²) >= 11 is 14.2. The van der Waals surface area contributed by atoms with Crippen LogP contribution in [0, 0.1) is 25.7 Å². The van der Waals surface area contributed by atoms with Crippen molar-refractivity contribution in [3.63, 3.8) is 0 Å². The van der Waals surface area contributed by atoms with Crippen molar-refractivity contribution >= 4 is 46.4 Å². The standard InChI is InChI=1S/C29H27Cl2N5O3S/c1-17-15-40-27(33-17)29(16-32-28(38)39-14-19-7-4-3-5-8-19)20-12-35(13-21(20)29)24-11-25(37)36(18(2)34-24)23-10-6-9-22(30)26(23)31/h3-11,15,20-21H,12-14,16H2,1-2H3,(H,32,38)/t20-,21+,29?. The van der Waals surface area contributed by atoms with Crippen molar-refractivity contribution in [2.45, 2.75) is 25.9 Å². The van der Waals surface area contributed by atoms with Gasteiger partial charge < -0.3 is 15.0 Å². The number of rotatable bonds is 7. The number of anilines is 1. The zero-order valence-corrected chi connectivity index (χ0v) is 24.3. The second-order valence-corrected chi connectivity index (χ2v) is 11.9. The number of aryl methyl sites for hydroxylation is 2. The zero-order valence-electron chi connectivity index (χ0n) is 21.9. The maximum atomic E-state index is 13.2. The van der Waals surface area contributed by atoms with Crippen LogP contribution >= 0.6 is 34.5 Å². The summed E-state index contributed by atoms with van der Waals surface area (Å²) in [5, 5.41) is 6.75. The van der Waals surface area contributed by atoms with E-state index >= 15 is 0 Å². The number of thiazole rings is 1. The highest BCUT2D eigenvalue weighted by Gasteiger charge is 2.70. The number of fused-ring (bicyclic) bond motifs is 1. The second-order valence-electron chi connectivity index (χ2n) is 10.3. The molecule has 2 aliphatic rings. The van der Waals surface area contributed by atoms with E-state index in [0.29, 0.717) is 47.0 Å². The largest absolute Gasteiger partial charge is 0.445 e. The van der Waals surface area contributed by atoms with E-state index in [1.54, 1.807) is 42.5 Å². The van der Waals surface area contributed by atoms with Crippen molar-refractivity contribution in [1.82, 2.24) is 19.9 Å². The van der Waals surface area contributed by atoms with Gasteiger partial charge in [-0.05, 0) is 43.4 Å². The predicted octanol–water partition coefficient (Wildman–Crippen LogP) is 5.54. The van der Waals surface area contributed by atoms with Crippen LogP contribution in [-0.2, 0) is 16.8 Å². The minimum atomic E-state index is -0.445. The average Bonchev–Trinajstić information content (AvgIpc) is 3.26. The summed E-state index contributed by atoms with van der Waals surface area (Å²) in [6, 6.07) is 16.3. The summed E-state index contributed by atoms with van der Waals surface area (Å²) in [6.07, 6.45) is -0.445. The normalized spacial score (nSPS) is 21.2.